The van der Waals surface area contributed by atoms with Crippen LogP contribution in [0.15, 0.2) is 29.3 Å². The summed E-state index contributed by atoms with van der Waals surface area (Å²) in [5, 5.41) is 6.07. The first-order valence-corrected chi connectivity index (χ1v) is 8.98. The molecule has 0 spiro atoms. The molecule has 1 aromatic rings. The highest BCUT2D eigenvalue weighted by Crippen LogP contribution is 2.20. The first kappa shape index (κ1) is 22.5. The van der Waals surface area contributed by atoms with Crippen LogP contribution < -0.4 is 15.4 Å². The van der Waals surface area contributed by atoms with Crippen LogP contribution in [0.2, 0.25) is 0 Å². The van der Waals surface area contributed by atoms with Crippen molar-refractivity contribution in [1.82, 2.24) is 15.5 Å². The zero-order valence-corrected chi connectivity index (χ0v) is 18.3. The van der Waals surface area contributed by atoms with Gasteiger partial charge in [-0.25, -0.2) is 0 Å². The molecule has 1 aromatic carbocycles. The number of ether oxygens (including phenoxy) is 1. The Kier molecular flexibility index (Phi) is 10.4. The molecule has 0 saturated carbocycles. The van der Waals surface area contributed by atoms with Gasteiger partial charge in [0.2, 0.25) is 5.91 Å². The zero-order valence-electron chi connectivity index (χ0n) is 16.0. The van der Waals surface area contributed by atoms with Gasteiger partial charge in [-0.15, -0.1) is 24.0 Å². The van der Waals surface area contributed by atoms with Gasteiger partial charge in [0.15, 0.2) is 5.96 Å². The molecule has 26 heavy (non-hydrogen) atoms. The van der Waals surface area contributed by atoms with Crippen molar-refractivity contribution in [2.24, 2.45) is 10.9 Å². The molecule has 0 bridgehead atoms. The number of hydrogen-bond donors (Lipinski definition) is 2. The van der Waals surface area contributed by atoms with Gasteiger partial charge in [0, 0.05) is 33.6 Å². The molecule has 0 aromatic heterocycles. The summed E-state index contributed by atoms with van der Waals surface area (Å²) >= 11 is 0. The van der Waals surface area contributed by atoms with Gasteiger partial charge in [-0.05, 0) is 37.3 Å². The highest BCUT2D eigenvalue weighted by Gasteiger charge is 2.22. The number of aliphatic imine (C=N–C) groups is 1. The Morgan fingerprint density at radius 1 is 1.31 bits per heavy atom. The van der Waals surface area contributed by atoms with Gasteiger partial charge < -0.3 is 20.3 Å². The molecule has 1 saturated heterocycles. The summed E-state index contributed by atoms with van der Waals surface area (Å²) in [5.74, 6) is 2.44. The third-order valence-electron chi connectivity index (χ3n) is 4.62. The Hall–Kier alpha value is -1.51. The van der Waals surface area contributed by atoms with Crippen molar-refractivity contribution in [3.8, 4) is 5.75 Å². The number of hydrogen-bond acceptors (Lipinski definition) is 3. The molecule has 2 rings (SSSR count). The SMILES string of the molecule is CN=C(NCCOc1ccccc1C)N1CCC(CC(=O)NC)CC1.I. The predicted molar refractivity (Wildman–Crippen MR) is 116 cm³/mol. The molecule has 7 heteroatoms. The van der Waals surface area contributed by atoms with Crippen molar-refractivity contribution < 1.29 is 9.53 Å². The number of likely N-dealkylation sites (tertiary alicyclic amines) is 1. The second-order valence-corrected chi connectivity index (χ2v) is 6.40. The summed E-state index contributed by atoms with van der Waals surface area (Å²) in [6, 6.07) is 8.03. The van der Waals surface area contributed by atoms with E-state index < -0.39 is 0 Å². The lowest BCUT2D eigenvalue weighted by Crippen LogP contribution is -2.46. The lowest BCUT2D eigenvalue weighted by Gasteiger charge is -2.34. The van der Waals surface area contributed by atoms with Crippen molar-refractivity contribution >= 4 is 35.8 Å². The topological polar surface area (TPSA) is 66.0 Å². The minimum absolute atomic E-state index is 0. The van der Waals surface area contributed by atoms with Crippen LogP contribution in [0, 0.1) is 12.8 Å². The maximum absolute atomic E-state index is 11.5. The van der Waals surface area contributed by atoms with E-state index in [9.17, 15) is 4.79 Å². The third kappa shape index (κ3) is 7.01. The van der Waals surface area contributed by atoms with Crippen molar-refractivity contribution in [3.05, 3.63) is 29.8 Å². The smallest absolute Gasteiger partial charge is 0.220 e. The second-order valence-electron chi connectivity index (χ2n) is 6.40. The van der Waals surface area contributed by atoms with E-state index >= 15 is 0 Å². The van der Waals surface area contributed by atoms with E-state index in [0.29, 0.717) is 25.5 Å². The molecule has 1 amide bonds. The number of nitrogens with one attached hydrogen (secondary N) is 2. The number of carbonyl (C=O) groups is 1. The maximum atomic E-state index is 11.5. The highest BCUT2D eigenvalue weighted by atomic mass is 127. The number of aryl methyl sites for hydroxylation is 1. The Balaban J connectivity index is 0.00000338. The van der Waals surface area contributed by atoms with Crippen LogP contribution in [0.5, 0.6) is 5.75 Å². The maximum Gasteiger partial charge on any atom is 0.220 e. The minimum Gasteiger partial charge on any atom is -0.491 e. The largest absolute Gasteiger partial charge is 0.491 e. The average Bonchev–Trinajstić information content (AvgIpc) is 2.64. The standard InChI is InChI=1S/C19H30N4O2.HI/c1-15-6-4-5-7-17(15)25-13-10-22-19(21-3)23-11-8-16(9-12-23)14-18(24)20-2;/h4-7,16H,8-14H2,1-3H3,(H,20,24)(H,21,22);1H. The van der Waals surface area contributed by atoms with Gasteiger partial charge >= 0.3 is 0 Å². The summed E-state index contributed by atoms with van der Waals surface area (Å²) in [7, 11) is 3.50. The van der Waals surface area contributed by atoms with Gasteiger partial charge in [-0.1, -0.05) is 18.2 Å². The lowest BCUT2D eigenvalue weighted by molar-refractivity contribution is -0.121. The molecule has 1 fully saturated rings. The average molecular weight is 474 g/mol. The Labute approximate surface area is 173 Å². The monoisotopic (exact) mass is 474 g/mol. The normalized spacial score (nSPS) is 15.2. The summed E-state index contributed by atoms with van der Waals surface area (Å²) in [6.07, 6.45) is 2.67. The van der Waals surface area contributed by atoms with Crippen molar-refractivity contribution in [2.75, 3.05) is 40.3 Å². The first-order chi connectivity index (χ1) is 12.1. The lowest BCUT2D eigenvalue weighted by atomic mass is 9.93. The van der Waals surface area contributed by atoms with E-state index in [-0.39, 0.29) is 29.9 Å². The molecule has 1 aliphatic heterocycles. The number of guanidine groups is 1. The van der Waals surface area contributed by atoms with E-state index in [0.717, 1.165) is 43.2 Å². The predicted octanol–water partition coefficient (Wildman–Crippen LogP) is 2.42. The molecule has 0 radical (unpaired) electrons. The Bertz CT molecular complexity index is 587. The molecular formula is C19H31IN4O2. The number of benzene rings is 1. The van der Waals surface area contributed by atoms with Crippen molar-refractivity contribution in [2.45, 2.75) is 26.2 Å². The number of halogens is 1. The van der Waals surface area contributed by atoms with Crippen LogP contribution in [-0.4, -0.2) is 57.1 Å². The molecule has 1 aliphatic rings. The van der Waals surface area contributed by atoms with E-state index in [1.54, 1.807) is 14.1 Å². The molecule has 2 N–H and O–H groups in total. The fraction of sp³-hybridized carbons (Fsp3) is 0.579. The van der Waals surface area contributed by atoms with Gasteiger partial charge in [-0.3, -0.25) is 9.79 Å². The minimum atomic E-state index is 0. The Morgan fingerprint density at radius 2 is 2.00 bits per heavy atom. The zero-order chi connectivity index (χ0) is 18.1. The van der Waals surface area contributed by atoms with E-state index in [2.05, 4.69) is 20.5 Å². The number of piperidine rings is 1. The molecule has 1 heterocycles. The number of rotatable bonds is 6. The first-order valence-electron chi connectivity index (χ1n) is 8.98. The summed E-state index contributed by atoms with van der Waals surface area (Å²) < 4.78 is 5.81. The van der Waals surface area contributed by atoms with Gasteiger partial charge in [0.05, 0.1) is 6.54 Å². The molecule has 0 atom stereocenters. The highest BCUT2D eigenvalue weighted by molar-refractivity contribution is 14.0. The second kappa shape index (κ2) is 12.0. The van der Waals surface area contributed by atoms with Crippen molar-refractivity contribution in [3.63, 3.8) is 0 Å². The number of amides is 1. The van der Waals surface area contributed by atoms with Crippen LogP contribution in [0.25, 0.3) is 0 Å². The van der Waals surface area contributed by atoms with Gasteiger partial charge in [0.25, 0.3) is 0 Å². The summed E-state index contributed by atoms with van der Waals surface area (Å²) in [4.78, 5) is 18.1. The number of para-hydroxylation sites is 1. The van der Waals surface area contributed by atoms with Gasteiger partial charge in [-0.2, -0.15) is 0 Å². The van der Waals surface area contributed by atoms with E-state index in [1.807, 2.05) is 31.2 Å². The quantitative estimate of drug-likeness (QED) is 0.288. The fourth-order valence-electron chi connectivity index (χ4n) is 3.09. The van der Waals surface area contributed by atoms with Crippen LogP contribution in [0.3, 0.4) is 0 Å². The molecule has 6 nitrogen and oxygen atoms in total. The number of carbonyl (C=O) groups excluding carboxylic acids is 1. The van der Waals surface area contributed by atoms with E-state index in [1.165, 1.54) is 0 Å². The fourth-order valence-corrected chi connectivity index (χ4v) is 3.09. The van der Waals surface area contributed by atoms with Crippen LogP contribution >= 0.6 is 24.0 Å². The Morgan fingerprint density at radius 3 is 2.62 bits per heavy atom. The number of nitrogens with zero attached hydrogens (tertiary/aromatic N) is 2. The molecule has 0 unspecified atom stereocenters. The van der Waals surface area contributed by atoms with Crippen LogP contribution in [0.1, 0.15) is 24.8 Å². The van der Waals surface area contributed by atoms with Crippen LogP contribution in [-0.2, 0) is 4.79 Å². The van der Waals surface area contributed by atoms with Crippen LogP contribution in [0.4, 0.5) is 0 Å². The molecule has 0 aliphatic carbocycles. The summed E-state index contributed by atoms with van der Waals surface area (Å²) in [5.41, 5.74) is 1.14. The summed E-state index contributed by atoms with van der Waals surface area (Å²) in [6.45, 7) is 5.21. The van der Waals surface area contributed by atoms with E-state index in [4.69, 9.17) is 4.74 Å². The molecular weight excluding hydrogens is 443 g/mol. The van der Waals surface area contributed by atoms with Crippen molar-refractivity contribution in [1.29, 1.82) is 0 Å². The third-order valence-corrected chi connectivity index (χ3v) is 4.62. The van der Waals surface area contributed by atoms with Gasteiger partial charge in [0.1, 0.15) is 12.4 Å². The molecule has 146 valence electrons.